The van der Waals surface area contributed by atoms with Gasteiger partial charge in [-0.3, -0.25) is 9.59 Å². The molecule has 0 fully saturated rings. The van der Waals surface area contributed by atoms with Gasteiger partial charge in [-0.15, -0.1) is 0 Å². The number of hydrogen-bond acceptors (Lipinski definition) is 2. The summed E-state index contributed by atoms with van der Waals surface area (Å²) in [6.07, 6.45) is 3.81. The number of benzene rings is 1. The van der Waals surface area contributed by atoms with Crippen LogP contribution >= 0.6 is 0 Å². The first-order valence-corrected chi connectivity index (χ1v) is 6.41. The Kier molecular flexibility index (Phi) is 2.99. The number of nitrogens with one attached hydrogen (secondary N) is 1. The Balaban J connectivity index is 1.81. The van der Waals surface area contributed by atoms with Crippen LogP contribution in [0.1, 0.15) is 23.0 Å². The fourth-order valence-corrected chi connectivity index (χ4v) is 2.36. The van der Waals surface area contributed by atoms with Crippen LogP contribution < -0.4 is 5.32 Å². The third-order valence-corrected chi connectivity index (χ3v) is 3.27. The SMILES string of the molecule is CC(=O)Nc1ccc(/C=C2\Cn3cccc3C2=O)cc1. The molecule has 0 aliphatic carbocycles. The van der Waals surface area contributed by atoms with Crippen molar-refractivity contribution in [3.63, 3.8) is 0 Å². The summed E-state index contributed by atoms with van der Waals surface area (Å²) in [5.74, 6) is -0.0117. The molecule has 0 atom stereocenters. The molecule has 2 aromatic rings. The molecule has 0 bridgehead atoms. The smallest absolute Gasteiger partial charge is 0.221 e. The third kappa shape index (κ3) is 2.28. The van der Waals surface area contributed by atoms with Gasteiger partial charge in [-0.05, 0) is 35.9 Å². The maximum Gasteiger partial charge on any atom is 0.221 e. The Morgan fingerprint density at radius 1 is 1.25 bits per heavy atom. The predicted molar refractivity (Wildman–Crippen MR) is 77.5 cm³/mol. The van der Waals surface area contributed by atoms with Crippen molar-refractivity contribution in [1.29, 1.82) is 0 Å². The molecule has 1 N–H and O–H groups in total. The molecular formula is C16H14N2O2. The van der Waals surface area contributed by atoms with E-state index in [0.717, 1.165) is 22.5 Å². The summed E-state index contributed by atoms with van der Waals surface area (Å²) >= 11 is 0. The molecule has 2 heterocycles. The van der Waals surface area contributed by atoms with Crippen LogP contribution in [-0.4, -0.2) is 16.3 Å². The molecule has 3 rings (SSSR count). The zero-order valence-electron chi connectivity index (χ0n) is 11.1. The molecule has 0 radical (unpaired) electrons. The van der Waals surface area contributed by atoms with Crippen LogP contribution in [0.5, 0.6) is 0 Å². The Bertz CT molecular complexity index is 708. The lowest BCUT2D eigenvalue weighted by molar-refractivity contribution is -0.114. The van der Waals surface area contributed by atoms with Gasteiger partial charge in [-0.25, -0.2) is 0 Å². The molecule has 1 aromatic carbocycles. The number of rotatable bonds is 2. The van der Waals surface area contributed by atoms with Crippen LogP contribution in [0, 0.1) is 0 Å². The molecule has 100 valence electrons. The number of nitrogens with zero attached hydrogens (tertiary/aromatic N) is 1. The van der Waals surface area contributed by atoms with Gasteiger partial charge in [0, 0.05) is 24.4 Å². The minimum atomic E-state index is -0.0959. The zero-order valence-corrected chi connectivity index (χ0v) is 11.1. The van der Waals surface area contributed by atoms with Crippen molar-refractivity contribution in [2.75, 3.05) is 5.32 Å². The largest absolute Gasteiger partial charge is 0.340 e. The molecule has 4 heteroatoms. The standard InChI is InChI=1S/C16H14N2O2/c1-11(19)17-14-6-4-12(5-7-14)9-13-10-18-8-2-3-15(18)16(13)20/h2-9H,10H2,1H3,(H,17,19)/b13-9+. The van der Waals surface area contributed by atoms with Gasteiger partial charge in [0.05, 0.1) is 12.2 Å². The van der Waals surface area contributed by atoms with E-state index in [-0.39, 0.29) is 11.7 Å². The van der Waals surface area contributed by atoms with E-state index in [1.165, 1.54) is 6.92 Å². The number of hydrogen-bond donors (Lipinski definition) is 1. The van der Waals surface area contributed by atoms with Crippen molar-refractivity contribution in [2.45, 2.75) is 13.5 Å². The minimum absolute atomic E-state index is 0.0842. The van der Waals surface area contributed by atoms with Crippen LogP contribution in [0.3, 0.4) is 0 Å². The fourth-order valence-electron chi connectivity index (χ4n) is 2.36. The van der Waals surface area contributed by atoms with E-state index >= 15 is 0 Å². The number of Topliss-reactive ketones (excluding diaryl/α,β-unsaturated/α-hetero) is 1. The van der Waals surface area contributed by atoms with Crippen LogP contribution in [0.2, 0.25) is 0 Å². The molecule has 0 saturated heterocycles. The Morgan fingerprint density at radius 2 is 2.00 bits per heavy atom. The lowest BCUT2D eigenvalue weighted by Gasteiger charge is -2.02. The Hall–Kier alpha value is -2.62. The van der Waals surface area contributed by atoms with E-state index in [0.29, 0.717) is 6.54 Å². The fraction of sp³-hybridized carbons (Fsp3) is 0.125. The van der Waals surface area contributed by atoms with E-state index in [1.54, 1.807) is 0 Å². The van der Waals surface area contributed by atoms with Gasteiger partial charge in [-0.2, -0.15) is 0 Å². The molecule has 1 amide bonds. The number of carbonyl (C=O) groups excluding carboxylic acids is 2. The highest BCUT2D eigenvalue weighted by atomic mass is 16.1. The number of anilines is 1. The van der Waals surface area contributed by atoms with E-state index in [1.807, 2.05) is 53.2 Å². The van der Waals surface area contributed by atoms with Crippen molar-refractivity contribution in [1.82, 2.24) is 4.57 Å². The maximum atomic E-state index is 12.1. The van der Waals surface area contributed by atoms with Gasteiger partial charge in [0.1, 0.15) is 0 Å². The number of aromatic nitrogens is 1. The topological polar surface area (TPSA) is 51.1 Å². The molecule has 1 aliphatic heterocycles. The van der Waals surface area contributed by atoms with Gasteiger partial charge in [-0.1, -0.05) is 12.1 Å². The van der Waals surface area contributed by atoms with Crippen molar-refractivity contribution < 1.29 is 9.59 Å². The summed E-state index contributed by atoms with van der Waals surface area (Å²) in [5.41, 5.74) is 3.23. The molecule has 0 unspecified atom stereocenters. The summed E-state index contributed by atoms with van der Waals surface area (Å²) in [6.45, 7) is 2.09. The second-order valence-electron chi connectivity index (χ2n) is 4.82. The highest BCUT2D eigenvalue weighted by Gasteiger charge is 2.23. The minimum Gasteiger partial charge on any atom is -0.340 e. The van der Waals surface area contributed by atoms with Crippen LogP contribution in [0.15, 0.2) is 48.2 Å². The molecule has 20 heavy (non-hydrogen) atoms. The van der Waals surface area contributed by atoms with Gasteiger partial charge in [0.25, 0.3) is 0 Å². The van der Waals surface area contributed by atoms with Crippen molar-refractivity contribution in [2.24, 2.45) is 0 Å². The van der Waals surface area contributed by atoms with E-state index < -0.39 is 0 Å². The van der Waals surface area contributed by atoms with E-state index in [9.17, 15) is 9.59 Å². The first-order chi connectivity index (χ1) is 9.63. The summed E-state index contributed by atoms with van der Waals surface area (Å²) < 4.78 is 1.94. The number of fused-ring (bicyclic) bond motifs is 1. The summed E-state index contributed by atoms with van der Waals surface area (Å²) in [7, 11) is 0. The van der Waals surface area contributed by atoms with Gasteiger partial charge < -0.3 is 9.88 Å². The second kappa shape index (κ2) is 4.81. The predicted octanol–water partition coefficient (Wildman–Crippen LogP) is 2.73. The zero-order chi connectivity index (χ0) is 14.1. The van der Waals surface area contributed by atoms with Gasteiger partial charge >= 0.3 is 0 Å². The van der Waals surface area contributed by atoms with Crippen LogP contribution in [0.4, 0.5) is 5.69 Å². The van der Waals surface area contributed by atoms with Crippen molar-refractivity contribution in [3.8, 4) is 0 Å². The van der Waals surface area contributed by atoms with E-state index in [2.05, 4.69) is 5.32 Å². The normalized spacial score (nSPS) is 15.4. The molecule has 0 saturated carbocycles. The summed E-state index contributed by atoms with van der Waals surface area (Å²) in [6, 6.07) is 11.1. The lowest BCUT2D eigenvalue weighted by atomic mass is 10.1. The van der Waals surface area contributed by atoms with Crippen molar-refractivity contribution >= 4 is 23.5 Å². The Morgan fingerprint density at radius 3 is 2.65 bits per heavy atom. The molecule has 1 aromatic heterocycles. The molecule has 4 nitrogen and oxygen atoms in total. The van der Waals surface area contributed by atoms with Gasteiger partial charge in [0.15, 0.2) is 0 Å². The average molecular weight is 266 g/mol. The van der Waals surface area contributed by atoms with Crippen LogP contribution in [-0.2, 0) is 11.3 Å². The number of carbonyl (C=O) groups is 2. The van der Waals surface area contributed by atoms with E-state index in [4.69, 9.17) is 0 Å². The monoisotopic (exact) mass is 266 g/mol. The molecule has 0 spiro atoms. The summed E-state index contributed by atoms with van der Waals surface area (Å²) in [5, 5.41) is 2.71. The Labute approximate surface area is 116 Å². The average Bonchev–Trinajstić information content (AvgIpc) is 2.96. The summed E-state index contributed by atoms with van der Waals surface area (Å²) in [4.78, 5) is 23.1. The first kappa shape index (κ1) is 12.4. The second-order valence-corrected chi connectivity index (χ2v) is 4.82. The quantitative estimate of drug-likeness (QED) is 0.850. The number of amides is 1. The highest BCUT2D eigenvalue weighted by molar-refractivity contribution is 6.12. The maximum absolute atomic E-state index is 12.1. The van der Waals surface area contributed by atoms with Crippen molar-refractivity contribution in [3.05, 3.63) is 59.4 Å². The molecular weight excluding hydrogens is 252 g/mol. The third-order valence-electron chi connectivity index (χ3n) is 3.27. The lowest BCUT2D eigenvalue weighted by Crippen LogP contribution is -2.05. The van der Waals surface area contributed by atoms with Crippen LogP contribution in [0.25, 0.3) is 6.08 Å². The highest BCUT2D eigenvalue weighted by Crippen LogP contribution is 2.23. The van der Waals surface area contributed by atoms with Gasteiger partial charge in [0.2, 0.25) is 11.7 Å². The molecule has 1 aliphatic rings. The first-order valence-electron chi connectivity index (χ1n) is 6.41. The number of ketones is 1. The number of allylic oxidation sites excluding steroid dienone is 1.